The molecule has 7 nitrogen and oxygen atoms in total. The van der Waals surface area contributed by atoms with Crippen LogP contribution in [-0.4, -0.2) is 32.4 Å². The molecule has 3 heterocycles. The summed E-state index contributed by atoms with van der Waals surface area (Å²) in [5.74, 6) is 1.53. The van der Waals surface area contributed by atoms with Gasteiger partial charge in [0.25, 0.3) is 0 Å². The van der Waals surface area contributed by atoms with Gasteiger partial charge in [-0.15, -0.1) is 0 Å². The Balaban J connectivity index is 1.93. The van der Waals surface area contributed by atoms with E-state index in [1.807, 2.05) is 6.92 Å². The summed E-state index contributed by atoms with van der Waals surface area (Å²) in [5.41, 5.74) is 1.92. The summed E-state index contributed by atoms with van der Waals surface area (Å²) in [6.45, 7) is 4.76. The van der Waals surface area contributed by atoms with Crippen LogP contribution in [0.3, 0.4) is 0 Å². The van der Waals surface area contributed by atoms with Crippen LogP contribution in [0.15, 0.2) is 24.8 Å². The van der Waals surface area contributed by atoms with Crippen LogP contribution in [0.25, 0.3) is 0 Å². The highest BCUT2D eigenvalue weighted by Gasteiger charge is 2.30. The van der Waals surface area contributed by atoms with Crippen LogP contribution < -0.4 is 10.2 Å². The molecule has 120 valence electrons. The Hall–Kier alpha value is -2.57. The molecule has 1 N–H and O–H groups in total. The van der Waals surface area contributed by atoms with Gasteiger partial charge in [-0.25, -0.2) is 15.0 Å². The number of aryl methyl sites for hydroxylation is 1. The van der Waals surface area contributed by atoms with Gasteiger partial charge in [0, 0.05) is 44.2 Å². The van der Waals surface area contributed by atoms with Gasteiger partial charge < -0.3 is 10.2 Å². The van der Waals surface area contributed by atoms with E-state index < -0.39 is 0 Å². The zero-order valence-electron chi connectivity index (χ0n) is 13.4. The quantitative estimate of drug-likeness (QED) is 0.922. The van der Waals surface area contributed by atoms with Crippen molar-refractivity contribution >= 4 is 11.7 Å². The topological polar surface area (TPSA) is 83.9 Å². The van der Waals surface area contributed by atoms with Gasteiger partial charge in [0.2, 0.25) is 5.91 Å². The maximum atomic E-state index is 11.2. The molecule has 23 heavy (non-hydrogen) atoms. The number of rotatable bonds is 4. The van der Waals surface area contributed by atoms with Gasteiger partial charge in [-0.1, -0.05) is 0 Å². The molecule has 2 aromatic rings. The van der Waals surface area contributed by atoms with Crippen molar-refractivity contribution in [3.8, 4) is 0 Å². The Bertz CT molecular complexity index is 690. The summed E-state index contributed by atoms with van der Waals surface area (Å²) in [6.07, 6.45) is 9.03. The first-order chi connectivity index (χ1) is 11.1. The zero-order valence-corrected chi connectivity index (χ0v) is 13.4. The fourth-order valence-corrected chi connectivity index (χ4v) is 2.92. The molecule has 2 aromatic heterocycles. The molecule has 1 saturated heterocycles. The minimum Gasteiger partial charge on any atom is -0.352 e. The number of amides is 1. The molecule has 0 bridgehead atoms. The third kappa shape index (κ3) is 3.44. The number of hydrogen-bond acceptors (Lipinski definition) is 6. The van der Waals surface area contributed by atoms with Crippen LogP contribution in [0.5, 0.6) is 0 Å². The van der Waals surface area contributed by atoms with E-state index in [0.717, 1.165) is 42.3 Å². The number of anilines is 1. The first kappa shape index (κ1) is 15.3. The standard InChI is InChI=1S/C16H20N6O/c1-11-19-8-13(9-20-12(2)23)16(21-11)14-4-3-7-22(14)15-10-17-5-6-18-15/h5-6,8,10,14H,3-4,7,9H2,1-2H3,(H,20,23)/t14-/m1/s1. The highest BCUT2D eigenvalue weighted by Crippen LogP contribution is 2.35. The smallest absolute Gasteiger partial charge is 0.217 e. The minimum absolute atomic E-state index is 0.0614. The van der Waals surface area contributed by atoms with E-state index in [4.69, 9.17) is 0 Å². The molecular weight excluding hydrogens is 292 g/mol. The van der Waals surface area contributed by atoms with Crippen LogP contribution in [0, 0.1) is 6.92 Å². The highest BCUT2D eigenvalue weighted by molar-refractivity contribution is 5.72. The summed E-state index contributed by atoms with van der Waals surface area (Å²) >= 11 is 0. The second-order valence-electron chi connectivity index (χ2n) is 5.65. The lowest BCUT2D eigenvalue weighted by Gasteiger charge is -2.26. The van der Waals surface area contributed by atoms with Gasteiger partial charge >= 0.3 is 0 Å². The first-order valence-electron chi connectivity index (χ1n) is 7.74. The lowest BCUT2D eigenvalue weighted by molar-refractivity contribution is -0.119. The van der Waals surface area contributed by atoms with Crippen LogP contribution in [-0.2, 0) is 11.3 Å². The molecule has 1 atom stereocenters. The van der Waals surface area contributed by atoms with Gasteiger partial charge in [0.1, 0.15) is 11.6 Å². The van der Waals surface area contributed by atoms with Crippen LogP contribution >= 0.6 is 0 Å². The summed E-state index contributed by atoms with van der Waals surface area (Å²) in [7, 11) is 0. The fraction of sp³-hybridized carbons (Fsp3) is 0.438. The van der Waals surface area contributed by atoms with Crippen LogP contribution in [0.1, 0.15) is 42.9 Å². The molecule has 0 saturated carbocycles. The molecule has 1 aliphatic rings. The van der Waals surface area contributed by atoms with Crippen molar-refractivity contribution in [2.45, 2.75) is 39.3 Å². The average Bonchev–Trinajstić information content (AvgIpc) is 3.03. The van der Waals surface area contributed by atoms with E-state index in [2.05, 4.69) is 30.2 Å². The third-order valence-electron chi connectivity index (χ3n) is 3.96. The fourth-order valence-electron chi connectivity index (χ4n) is 2.92. The Morgan fingerprint density at radius 2 is 2.22 bits per heavy atom. The number of nitrogens with zero attached hydrogens (tertiary/aromatic N) is 5. The maximum absolute atomic E-state index is 11.2. The minimum atomic E-state index is -0.0614. The van der Waals surface area contributed by atoms with E-state index in [0.29, 0.717) is 6.54 Å². The lowest BCUT2D eigenvalue weighted by Crippen LogP contribution is -2.27. The third-order valence-corrected chi connectivity index (χ3v) is 3.96. The van der Waals surface area contributed by atoms with Crippen molar-refractivity contribution in [3.63, 3.8) is 0 Å². The second kappa shape index (κ2) is 6.68. The van der Waals surface area contributed by atoms with Crippen molar-refractivity contribution in [2.75, 3.05) is 11.4 Å². The summed E-state index contributed by atoms with van der Waals surface area (Å²) < 4.78 is 0. The van der Waals surface area contributed by atoms with E-state index in [-0.39, 0.29) is 11.9 Å². The predicted octanol–water partition coefficient (Wildman–Crippen LogP) is 1.55. The van der Waals surface area contributed by atoms with Crippen LogP contribution in [0.4, 0.5) is 5.82 Å². The van der Waals surface area contributed by atoms with Crippen molar-refractivity contribution in [3.05, 3.63) is 41.9 Å². The Kier molecular flexibility index (Phi) is 4.45. The Labute approximate surface area is 135 Å². The first-order valence-corrected chi connectivity index (χ1v) is 7.74. The number of nitrogens with one attached hydrogen (secondary N) is 1. The Morgan fingerprint density at radius 3 is 2.96 bits per heavy atom. The van der Waals surface area contributed by atoms with Crippen molar-refractivity contribution < 1.29 is 4.79 Å². The van der Waals surface area contributed by atoms with Crippen molar-refractivity contribution in [1.82, 2.24) is 25.3 Å². The molecule has 7 heteroatoms. The summed E-state index contributed by atoms with van der Waals surface area (Å²) in [4.78, 5) is 31.0. The summed E-state index contributed by atoms with van der Waals surface area (Å²) in [6, 6.07) is 0.136. The molecule has 0 spiro atoms. The largest absolute Gasteiger partial charge is 0.352 e. The second-order valence-corrected chi connectivity index (χ2v) is 5.65. The van der Waals surface area contributed by atoms with Gasteiger partial charge in [0.05, 0.1) is 17.9 Å². The van der Waals surface area contributed by atoms with E-state index >= 15 is 0 Å². The molecule has 1 aliphatic heterocycles. The summed E-state index contributed by atoms with van der Waals surface area (Å²) in [5, 5.41) is 2.83. The number of hydrogen-bond donors (Lipinski definition) is 1. The molecule has 0 aliphatic carbocycles. The van der Waals surface area contributed by atoms with Gasteiger partial charge in [0.15, 0.2) is 0 Å². The van der Waals surface area contributed by atoms with E-state index in [1.54, 1.807) is 24.8 Å². The molecule has 0 unspecified atom stereocenters. The van der Waals surface area contributed by atoms with E-state index in [9.17, 15) is 4.79 Å². The van der Waals surface area contributed by atoms with E-state index in [1.165, 1.54) is 6.92 Å². The predicted molar refractivity (Wildman–Crippen MR) is 85.6 cm³/mol. The van der Waals surface area contributed by atoms with Gasteiger partial charge in [-0.3, -0.25) is 9.78 Å². The molecule has 1 amide bonds. The van der Waals surface area contributed by atoms with Crippen molar-refractivity contribution in [2.24, 2.45) is 0 Å². The molecule has 3 rings (SSSR count). The normalized spacial score (nSPS) is 17.3. The average molecular weight is 312 g/mol. The molecule has 1 fully saturated rings. The number of carbonyl (C=O) groups excluding carboxylic acids is 1. The Morgan fingerprint density at radius 1 is 1.35 bits per heavy atom. The highest BCUT2D eigenvalue weighted by atomic mass is 16.1. The van der Waals surface area contributed by atoms with Crippen LogP contribution in [0.2, 0.25) is 0 Å². The monoisotopic (exact) mass is 312 g/mol. The molecular formula is C16H20N6O. The molecule has 0 radical (unpaired) electrons. The maximum Gasteiger partial charge on any atom is 0.217 e. The van der Waals surface area contributed by atoms with Gasteiger partial charge in [-0.2, -0.15) is 0 Å². The van der Waals surface area contributed by atoms with Crippen molar-refractivity contribution in [1.29, 1.82) is 0 Å². The number of carbonyl (C=O) groups is 1. The molecule has 0 aromatic carbocycles. The zero-order chi connectivity index (χ0) is 16.2. The van der Waals surface area contributed by atoms with Gasteiger partial charge in [-0.05, 0) is 19.8 Å². The SMILES string of the molecule is CC(=O)NCc1cnc(C)nc1[C@H]1CCCN1c1cnccn1. The lowest BCUT2D eigenvalue weighted by atomic mass is 10.1. The number of aromatic nitrogens is 4.